The zero-order valence-electron chi connectivity index (χ0n) is 11.8. The molecule has 2 rings (SSSR count). The van der Waals surface area contributed by atoms with Crippen molar-refractivity contribution in [1.29, 1.82) is 0 Å². The Labute approximate surface area is 115 Å². The summed E-state index contributed by atoms with van der Waals surface area (Å²) in [6.45, 7) is 2.84. The molecule has 0 bridgehead atoms. The monoisotopic (exact) mass is 255 g/mol. The van der Waals surface area contributed by atoms with Gasteiger partial charge in [0.15, 0.2) is 0 Å². The average molecular weight is 255 g/mol. The molecule has 0 heterocycles. The maximum absolute atomic E-state index is 5.81. The summed E-state index contributed by atoms with van der Waals surface area (Å²) in [7, 11) is 4.09. The number of nitrogens with one attached hydrogen (secondary N) is 1. The van der Waals surface area contributed by atoms with E-state index in [9.17, 15) is 0 Å². The molecule has 0 amide bonds. The SMILES string of the molecule is Cc1cc(NCc2ccc(N(C)C)cc2)ccc1N. The first kappa shape index (κ1) is 13.3. The van der Waals surface area contributed by atoms with Crippen LogP contribution in [0.2, 0.25) is 0 Å². The van der Waals surface area contributed by atoms with Crippen LogP contribution in [0.1, 0.15) is 11.1 Å². The predicted molar refractivity (Wildman–Crippen MR) is 83.7 cm³/mol. The molecule has 2 aromatic rings. The number of anilines is 3. The van der Waals surface area contributed by atoms with Gasteiger partial charge in [-0.3, -0.25) is 0 Å². The summed E-state index contributed by atoms with van der Waals surface area (Å²) in [6.07, 6.45) is 0. The van der Waals surface area contributed by atoms with Gasteiger partial charge in [-0.1, -0.05) is 12.1 Å². The van der Waals surface area contributed by atoms with E-state index < -0.39 is 0 Å². The average Bonchev–Trinajstić information content (AvgIpc) is 2.40. The molecular formula is C16H21N3. The molecule has 0 unspecified atom stereocenters. The maximum atomic E-state index is 5.81. The molecule has 3 heteroatoms. The summed E-state index contributed by atoms with van der Waals surface area (Å²) in [5, 5.41) is 3.41. The van der Waals surface area contributed by atoms with Gasteiger partial charge in [0, 0.05) is 37.7 Å². The maximum Gasteiger partial charge on any atom is 0.0400 e. The molecule has 0 fully saturated rings. The fraction of sp³-hybridized carbons (Fsp3) is 0.250. The molecule has 0 aliphatic rings. The predicted octanol–water partition coefficient (Wildman–Crippen LogP) is 3.26. The second-order valence-electron chi connectivity index (χ2n) is 4.99. The summed E-state index contributed by atoms with van der Waals surface area (Å²) in [5.74, 6) is 0. The van der Waals surface area contributed by atoms with E-state index in [0.29, 0.717) is 0 Å². The van der Waals surface area contributed by atoms with E-state index in [1.807, 2.05) is 33.2 Å². The minimum absolute atomic E-state index is 0.817. The van der Waals surface area contributed by atoms with Crippen molar-refractivity contribution >= 4 is 17.1 Å². The second kappa shape index (κ2) is 5.65. The number of nitrogens with zero attached hydrogens (tertiary/aromatic N) is 1. The highest BCUT2D eigenvalue weighted by molar-refractivity contribution is 5.57. The Morgan fingerprint density at radius 2 is 1.74 bits per heavy atom. The van der Waals surface area contributed by atoms with Gasteiger partial charge in [-0.05, 0) is 48.4 Å². The Balaban J connectivity index is 2.00. The lowest BCUT2D eigenvalue weighted by atomic mass is 10.1. The van der Waals surface area contributed by atoms with Crippen molar-refractivity contribution in [2.24, 2.45) is 0 Å². The molecule has 100 valence electrons. The normalized spacial score (nSPS) is 10.3. The molecule has 19 heavy (non-hydrogen) atoms. The van der Waals surface area contributed by atoms with Gasteiger partial charge in [-0.2, -0.15) is 0 Å². The van der Waals surface area contributed by atoms with Crippen LogP contribution in [0.5, 0.6) is 0 Å². The highest BCUT2D eigenvalue weighted by atomic mass is 15.1. The number of rotatable bonds is 4. The minimum atomic E-state index is 0.817. The molecule has 3 N–H and O–H groups in total. The van der Waals surface area contributed by atoms with Crippen LogP contribution in [-0.4, -0.2) is 14.1 Å². The van der Waals surface area contributed by atoms with E-state index >= 15 is 0 Å². The fourth-order valence-electron chi connectivity index (χ4n) is 1.90. The lowest BCUT2D eigenvalue weighted by molar-refractivity contribution is 1.11. The van der Waals surface area contributed by atoms with E-state index in [0.717, 1.165) is 23.5 Å². The lowest BCUT2D eigenvalue weighted by Gasteiger charge is -2.13. The third-order valence-corrected chi connectivity index (χ3v) is 3.22. The summed E-state index contributed by atoms with van der Waals surface area (Å²) in [6, 6.07) is 14.6. The van der Waals surface area contributed by atoms with Crippen molar-refractivity contribution in [1.82, 2.24) is 0 Å². The molecule has 3 nitrogen and oxygen atoms in total. The molecule has 0 aliphatic carbocycles. The van der Waals surface area contributed by atoms with Crippen molar-refractivity contribution < 1.29 is 0 Å². The van der Waals surface area contributed by atoms with E-state index in [-0.39, 0.29) is 0 Å². The topological polar surface area (TPSA) is 41.3 Å². The summed E-state index contributed by atoms with van der Waals surface area (Å²) < 4.78 is 0. The van der Waals surface area contributed by atoms with Gasteiger partial charge in [-0.15, -0.1) is 0 Å². The Kier molecular flexibility index (Phi) is 3.95. The number of nitrogens with two attached hydrogens (primary N) is 1. The number of benzene rings is 2. The fourth-order valence-corrected chi connectivity index (χ4v) is 1.90. The lowest BCUT2D eigenvalue weighted by Crippen LogP contribution is -2.08. The van der Waals surface area contributed by atoms with Gasteiger partial charge in [0.2, 0.25) is 0 Å². The van der Waals surface area contributed by atoms with Gasteiger partial charge in [0.1, 0.15) is 0 Å². The number of hydrogen-bond acceptors (Lipinski definition) is 3. The van der Waals surface area contributed by atoms with Gasteiger partial charge in [-0.25, -0.2) is 0 Å². The number of nitrogen functional groups attached to an aromatic ring is 1. The quantitative estimate of drug-likeness (QED) is 0.824. The second-order valence-corrected chi connectivity index (χ2v) is 4.99. The molecule has 0 aliphatic heterocycles. The van der Waals surface area contributed by atoms with Crippen molar-refractivity contribution in [2.45, 2.75) is 13.5 Å². The zero-order chi connectivity index (χ0) is 13.8. The van der Waals surface area contributed by atoms with Crippen LogP contribution < -0.4 is 16.0 Å². The zero-order valence-corrected chi connectivity index (χ0v) is 11.8. The van der Waals surface area contributed by atoms with Gasteiger partial charge < -0.3 is 16.0 Å². The van der Waals surface area contributed by atoms with Crippen LogP contribution in [0, 0.1) is 6.92 Å². The van der Waals surface area contributed by atoms with Gasteiger partial charge in [0.25, 0.3) is 0 Å². The molecule has 0 aromatic heterocycles. The third kappa shape index (κ3) is 3.41. The van der Waals surface area contributed by atoms with Crippen LogP contribution in [0.25, 0.3) is 0 Å². The number of hydrogen-bond donors (Lipinski definition) is 2. The third-order valence-electron chi connectivity index (χ3n) is 3.22. The van der Waals surface area contributed by atoms with E-state index in [1.165, 1.54) is 11.3 Å². The Hall–Kier alpha value is -2.16. The van der Waals surface area contributed by atoms with E-state index in [2.05, 4.69) is 40.5 Å². The smallest absolute Gasteiger partial charge is 0.0400 e. The molecule has 0 saturated heterocycles. The summed E-state index contributed by atoms with van der Waals surface area (Å²) in [4.78, 5) is 2.10. The van der Waals surface area contributed by atoms with Crippen molar-refractivity contribution in [3.63, 3.8) is 0 Å². The summed E-state index contributed by atoms with van der Waals surface area (Å²) in [5.41, 5.74) is 11.3. The van der Waals surface area contributed by atoms with Crippen LogP contribution in [0.4, 0.5) is 17.1 Å². The highest BCUT2D eigenvalue weighted by Gasteiger charge is 1.98. The first-order chi connectivity index (χ1) is 9.06. The molecular weight excluding hydrogens is 234 g/mol. The first-order valence-electron chi connectivity index (χ1n) is 6.42. The first-order valence-corrected chi connectivity index (χ1v) is 6.42. The van der Waals surface area contributed by atoms with Crippen molar-refractivity contribution in [3.8, 4) is 0 Å². The molecule has 0 spiro atoms. The Bertz CT molecular complexity index is 544. The molecule has 0 radical (unpaired) electrons. The molecule has 0 atom stereocenters. The Morgan fingerprint density at radius 1 is 1.05 bits per heavy atom. The van der Waals surface area contributed by atoms with Crippen molar-refractivity contribution in [3.05, 3.63) is 53.6 Å². The van der Waals surface area contributed by atoms with Crippen LogP contribution in [0.15, 0.2) is 42.5 Å². The van der Waals surface area contributed by atoms with Gasteiger partial charge in [0.05, 0.1) is 0 Å². The highest BCUT2D eigenvalue weighted by Crippen LogP contribution is 2.18. The van der Waals surface area contributed by atoms with Crippen LogP contribution in [-0.2, 0) is 6.54 Å². The van der Waals surface area contributed by atoms with E-state index in [4.69, 9.17) is 5.73 Å². The number of aryl methyl sites for hydroxylation is 1. The molecule has 2 aromatic carbocycles. The summed E-state index contributed by atoms with van der Waals surface area (Å²) >= 11 is 0. The van der Waals surface area contributed by atoms with Crippen LogP contribution in [0.3, 0.4) is 0 Å². The van der Waals surface area contributed by atoms with Gasteiger partial charge >= 0.3 is 0 Å². The van der Waals surface area contributed by atoms with Crippen molar-refractivity contribution in [2.75, 3.05) is 30.0 Å². The largest absolute Gasteiger partial charge is 0.399 e. The van der Waals surface area contributed by atoms with Crippen LogP contribution >= 0.6 is 0 Å². The molecule has 0 saturated carbocycles. The minimum Gasteiger partial charge on any atom is -0.399 e. The Morgan fingerprint density at radius 3 is 2.32 bits per heavy atom. The van der Waals surface area contributed by atoms with E-state index in [1.54, 1.807) is 0 Å². The standard InChI is InChI=1S/C16H21N3/c1-12-10-14(6-9-16(12)17)18-11-13-4-7-15(8-5-13)19(2)3/h4-10,18H,11,17H2,1-3H3.